The summed E-state index contributed by atoms with van der Waals surface area (Å²) >= 11 is 0. The molecular weight excluding hydrogens is 336 g/mol. The van der Waals surface area contributed by atoms with Gasteiger partial charge in [-0.25, -0.2) is 13.1 Å². The van der Waals surface area contributed by atoms with Crippen LogP contribution in [0.4, 0.5) is 0 Å². The molecule has 1 aromatic carbocycles. The molecule has 3 rings (SSSR count). The van der Waals surface area contributed by atoms with Crippen LogP contribution < -0.4 is 10.5 Å². The summed E-state index contributed by atoms with van der Waals surface area (Å²) < 4.78 is 28.0. The molecule has 3 N–H and O–H groups in total. The molecule has 0 radical (unpaired) electrons. The number of aryl methyl sites for hydroxylation is 1. The highest BCUT2D eigenvalue weighted by Crippen LogP contribution is 2.32. The fourth-order valence-corrected chi connectivity index (χ4v) is 3.65. The lowest BCUT2D eigenvalue weighted by atomic mass is 10.1. The van der Waals surface area contributed by atoms with Crippen molar-refractivity contribution in [1.29, 1.82) is 0 Å². The number of fused-ring (bicyclic) bond motifs is 1. The highest BCUT2D eigenvalue weighted by Gasteiger charge is 2.16. The normalized spacial score (nSPS) is 12.0. The van der Waals surface area contributed by atoms with E-state index in [4.69, 9.17) is 5.73 Å². The third kappa shape index (κ3) is 3.44. The zero-order chi connectivity index (χ0) is 18.0. The van der Waals surface area contributed by atoms with Gasteiger partial charge in [-0.1, -0.05) is 18.2 Å². The van der Waals surface area contributed by atoms with E-state index < -0.39 is 10.0 Å². The van der Waals surface area contributed by atoms with Crippen molar-refractivity contribution in [3.63, 3.8) is 0 Å². The molecule has 0 aliphatic rings. The van der Waals surface area contributed by atoms with Gasteiger partial charge < -0.3 is 10.3 Å². The quantitative estimate of drug-likeness (QED) is 0.706. The first kappa shape index (κ1) is 17.6. The average molecular weight is 358 g/mol. The van der Waals surface area contributed by atoms with Gasteiger partial charge in [0, 0.05) is 49.0 Å². The van der Waals surface area contributed by atoms with Crippen LogP contribution in [0.3, 0.4) is 0 Å². The van der Waals surface area contributed by atoms with Crippen LogP contribution in [0, 0.1) is 0 Å². The van der Waals surface area contributed by atoms with E-state index in [1.165, 1.54) is 0 Å². The van der Waals surface area contributed by atoms with Gasteiger partial charge in [-0.05, 0) is 30.2 Å². The minimum atomic E-state index is -3.24. The number of hydrogen-bond donors (Lipinski definition) is 2. The molecule has 25 heavy (non-hydrogen) atoms. The number of pyridine rings is 1. The molecule has 0 unspecified atom stereocenters. The van der Waals surface area contributed by atoms with Gasteiger partial charge in [0.25, 0.3) is 0 Å². The van der Waals surface area contributed by atoms with Crippen molar-refractivity contribution in [2.75, 3.05) is 5.75 Å². The molecule has 0 atom stereocenters. The van der Waals surface area contributed by atoms with Gasteiger partial charge >= 0.3 is 0 Å². The molecule has 2 heterocycles. The molecule has 2 aromatic heterocycles. The van der Waals surface area contributed by atoms with Crippen molar-refractivity contribution in [3.8, 4) is 11.3 Å². The Balaban J connectivity index is 2.04. The molecule has 132 valence electrons. The van der Waals surface area contributed by atoms with E-state index in [2.05, 4.69) is 26.4 Å². The summed E-state index contributed by atoms with van der Waals surface area (Å²) in [7, 11) is -1.24. The van der Waals surface area contributed by atoms with Gasteiger partial charge in [-0.3, -0.25) is 4.98 Å². The van der Waals surface area contributed by atoms with Crippen LogP contribution in [0.15, 0.2) is 42.7 Å². The standard InChI is InChI=1S/C18H22N4O2S/c1-3-25(23,24)21-11-13-8-14(12-20-10-13)18-16(9-19)15-6-4-5-7-17(15)22(18)2/h4-8,10,12,21H,3,9,11,19H2,1-2H3. The summed E-state index contributed by atoms with van der Waals surface area (Å²) in [4.78, 5) is 4.29. The van der Waals surface area contributed by atoms with E-state index in [9.17, 15) is 8.42 Å². The summed E-state index contributed by atoms with van der Waals surface area (Å²) in [6, 6.07) is 10.1. The lowest BCUT2D eigenvalue weighted by Gasteiger charge is -2.10. The topological polar surface area (TPSA) is 90.0 Å². The largest absolute Gasteiger partial charge is 0.343 e. The maximum Gasteiger partial charge on any atom is 0.211 e. The summed E-state index contributed by atoms with van der Waals surface area (Å²) in [6.07, 6.45) is 3.46. The van der Waals surface area contributed by atoms with Crippen LogP contribution >= 0.6 is 0 Å². The predicted molar refractivity (Wildman–Crippen MR) is 100 cm³/mol. The Morgan fingerprint density at radius 2 is 2.00 bits per heavy atom. The second-order valence-electron chi connectivity index (χ2n) is 5.91. The van der Waals surface area contributed by atoms with Crippen LogP contribution in [0.2, 0.25) is 0 Å². The summed E-state index contributed by atoms with van der Waals surface area (Å²) in [5.74, 6) is 0.0562. The number of nitrogens with zero attached hydrogens (tertiary/aromatic N) is 2. The molecule has 0 fully saturated rings. The SMILES string of the molecule is CCS(=O)(=O)NCc1cncc(-c2c(CN)c3ccccc3n2C)c1. The molecule has 3 aromatic rings. The van der Waals surface area contributed by atoms with Gasteiger partial charge in [-0.2, -0.15) is 0 Å². The van der Waals surface area contributed by atoms with Crippen LogP contribution in [0.1, 0.15) is 18.1 Å². The predicted octanol–water partition coefficient (Wildman–Crippen LogP) is 2.14. The minimum absolute atomic E-state index is 0.0562. The highest BCUT2D eigenvalue weighted by molar-refractivity contribution is 7.89. The maximum absolute atomic E-state index is 11.6. The Labute approximate surface area is 147 Å². The average Bonchev–Trinajstić information content (AvgIpc) is 2.93. The van der Waals surface area contributed by atoms with Crippen molar-refractivity contribution in [1.82, 2.24) is 14.3 Å². The Kier molecular flexibility index (Phi) is 4.89. The molecular formula is C18H22N4O2S. The molecule has 0 bridgehead atoms. The van der Waals surface area contributed by atoms with E-state index in [-0.39, 0.29) is 12.3 Å². The number of nitrogens with two attached hydrogens (primary N) is 1. The number of benzene rings is 1. The van der Waals surface area contributed by atoms with Crippen LogP contribution in [-0.4, -0.2) is 23.7 Å². The van der Waals surface area contributed by atoms with Gasteiger partial charge in [0.1, 0.15) is 0 Å². The fourth-order valence-electron chi connectivity index (χ4n) is 3.06. The molecule has 0 spiro atoms. The Morgan fingerprint density at radius 1 is 1.24 bits per heavy atom. The van der Waals surface area contributed by atoms with E-state index in [0.717, 1.165) is 33.3 Å². The number of nitrogens with one attached hydrogen (secondary N) is 1. The number of aromatic nitrogens is 2. The smallest absolute Gasteiger partial charge is 0.211 e. The van der Waals surface area contributed by atoms with Gasteiger partial charge in [0.15, 0.2) is 0 Å². The van der Waals surface area contributed by atoms with E-state index in [1.807, 2.05) is 25.2 Å². The fraction of sp³-hybridized carbons (Fsp3) is 0.278. The van der Waals surface area contributed by atoms with Crippen LogP contribution in [0.25, 0.3) is 22.2 Å². The first-order valence-electron chi connectivity index (χ1n) is 8.15. The summed E-state index contributed by atoms with van der Waals surface area (Å²) in [5, 5.41) is 1.12. The molecule has 6 nitrogen and oxygen atoms in total. The van der Waals surface area contributed by atoms with Crippen molar-refractivity contribution >= 4 is 20.9 Å². The van der Waals surface area contributed by atoms with E-state index in [0.29, 0.717) is 6.54 Å². The zero-order valence-corrected chi connectivity index (χ0v) is 15.2. The molecule has 0 aliphatic carbocycles. The number of para-hydroxylation sites is 1. The minimum Gasteiger partial charge on any atom is -0.343 e. The highest BCUT2D eigenvalue weighted by atomic mass is 32.2. The van der Waals surface area contributed by atoms with Gasteiger partial charge in [0.2, 0.25) is 10.0 Å². The van der Waals surface area contributed by atoms with Gasteiger partial charge in [0.05, 0.1) is 11.4 Å². The Morgan fingerprint density at radius 3 is 2.72 bits per heavy atom. The van der Waals surface area contributed by atoms with Gasteiger partial charge in [-0.15, -0.1) is 0 Å². The first-order chi connectivity index (χ1) is 12.0. The maximum atomic E-state index is 11.6. The van der Waals surface area contributed by atoms with Crippen molar-refractivity contribution in [3.05, 3.63) is 53.9 Å². The molecule has 0 saturated carbocycles. The molecule has 0 saturated heterocycles. The van der Waals surface area contributed by atoms with Crippen LogP contribution in [-0.2, 0) is 30.2 Å². The first-order valence-corrected chi connectivity index (χ1v) is 9.80. The van der Waals surface area contributed by atoms with E-state index in [1.54, 1.807) is 19.3 Å². The summed E-state index contributed by atoms with van der Waals surface area (Å²) in [5.41, 5.74) is 10.9. The monoisotopic (exact) mass is 358 g/mol. The van der Waals surface area contributed by atoms with Crippen molar-refractivity contribution < 1.29 is 8.42 Å². The van der Waals surface area contributed by atoms with E-state index >= 15 is 0 Å². The van der Waals surface area contributed by atoms with Crippen LogP contribution in [0.5, 0.6) is 0 Å². The number of rotatable bonds is 6. The zero-order valence-electron chi connectivity index (χ0n) is 14.4. The number of hydrogen-bond acceptors (Lipinski definition) is 4. The second kappa shape index (κ2) is 6.95. The molecule has 0 amide bonds. The third-order valence-electron chi connectivity index (χ3n) is 4.36. The molecule has 0 aliphatic heterocycles. The van der Waals surface area contributed by atoms with Crippen molar-refractivity contribution in [2.45, 2.75) is 20.0 Å². The lowest BCUT2D eigenvalue weighted by molar-refractivity contribution is 0.582. The summed E-state index contributed by atoms with van der Waals surface area (Å²) in [6.45, 7) is 2.25. The third-order valence-corrected chi connectivity index (χ3v) is 5.70. The molecule has 7 heteroatoms. The Bertz CT molecular complexity index is 1010. The second-order valence-corrected chi connectivity index (χ2v) is 8.01. The Hall–Kier alpha value is -2.22. The number of sulfonamides is 1. The van der Waals surface area contributed by atoms with Crippen molar-refractivity contribution in [2.24, 2.45) is 12.8 Å². The lowest BCUT2D eigenvalue weighted by Crippen LogP contribution is -2.24.